The van der Waals surface area contributed by atoms with Crippen LogP contribution in [-0.4, -0.2) is 41.7 Å². The molecule has 0 aromatic heterocycles. The molecule has 0 aliphatic heterocycles. The van der Waals surface area contributed by atoms with Crippen LogP contribution < -0.4 is 5.11 Å². The van der Waals surface area contributed by atoms with Crippen molar-refractivity contribution in [3.05, 3.63) is 0 Å². The first-order chi connectivity index (χ1) is 8.22. The van der Waals surface area contributed by atoms with Crippen LogP contribution in [0, 0.1) is 17.8 Å². The predicted octanol–water partition coefficient (Wildman–Crippen LogP) is 1.27. The summed E-state index contributed by atoms with van der Waals surface area (Å²) in [5.74, 6) is 1.32. The second kappa shape index (κ2) is 31.1. The van der Waals surface area contributed by atoms with E-state index in [1.54, 1.807) is 6.92 Å². The number of hydrogen-bond acceptors (Lipinski definition) is 4. The molecule has 0 atom stereocenters. The first kappa shape index (κ1) is 31.8. The maximum atomic E-state index is 8.93. The fourth-order valence-corrected chi connectivity index (χ4v) is 0. The summed E-state index contributed by atoms with van der Waals surface area (Å²) in [6.45, 7) is 14.3. The van der Waals surface area contributed by atoms with Gasteiger partial charge in [-0.1, -0.05) is 48.5 Å². The van der Waals surface area contributed by atoms with Crippen LogP contribution in [0.15, 0.2) is 0 Å². The van der Waals surface area contributed by atoms with E-state index in [-0.39, 0.29) is 28.3 Å². The van der Waals surface area contributed by atoms with E-state index in [1.807, 2.05) is 41.5 Å². The maximum absolute atomic E-state index is 8.93. The molecule has 3 N–H and O–H groups in total. The molecule has 0 bridgehead atoms. The Bertz CT molecular complexity index is 90.6. The van der Waals surface area contributed by atoms with Gasteiger partial charge in [0.25, 0.3) is 0 Å². The Kier molecular flexibility index (Phi) is 52.1. The molecule has 0 aliphatic rings. The molecule has 0 aliphatic carbocycles. The molecule has 0 amide bonds. The summed E-state index contributed by atoms with van der Waals surface area (Å²) >= 11 is 0. The molecule has 0 aromatic rings. The van der Waals surface area contributed by atoms with Gasteiger partial charge in [-0.15, -0.1) is 6.61 Å². The van der Waals surface area contributed by atoms with Gasteiger partial charge in [0, 0.05) is 41.5 Å². The largest absolute Gasteiger partial charge is 0.855 e. The minimum atomic E-state index is 0. The smallest absolute Gasteiger partial charge is 0.0453 e. The summed E-state index contributed by atoms with van der Waals surface area (Å²) in [6, 6.07) is 0. The molecular formula is C14H35O4Ti-. The van der Waals surface area contributed by atoms with Gasteiger partial charge in [0.05, 0.1) is 0 Å². The van der Waals surface area contributed by atoms with Crippen LogP contribution in [0.3, 0.4) is 0 Å². The Morgan fingerprint density at radius 1 is 0.684 bits per heavy atom. The van der Waals surface area contributed by atoms with E-state index in [0.717, 1.165) is 0 Å². The van der Waals surface area contributed by atoms with Crippen molar-refractivity contribution < 1.29 is 42.1 Å². The van der Waals surface area contributed by atoms with Crippen LogP contribution in [0.5, 0.6) is 0 Å². The van der Waals surface area contributed by atoms with Crippen LogP contribution in [-0.2, 0) is 21.7 Å². The van der Waals surface area contributed by atoms with Gasteiger partial charge in [-0.05, 0) is 17.8 Å². The molecule has 120 valence electrons. The summed E-state index contributed by atoms with van der Waals surface area (Å²) in [4.78, 5) is 0. The standard InChI is InChI=1S/3C4H10O.C2H5O.Ti/c3*1-4(2)3-5;1-2-3;/h3*4-5H,3H2,1-2H3;2H2,1H3;/q;;;-1;. The molecule has 0 saturated carbocycles. The molecule has 0 saturated heterocycles. The van der Waals surface area contributed by atoms with Crippen LogP contribution in [0.2, 0.25) is 0 Å². The Labute approximate surface area is 135 Å². The van der Waals surface area contributed by atoms with Gasteiger partial charge in [-0.3, -0.25) is 0 Å². The summed E-state index contributed by atoms with van der Waals surface area (Å²) in [6.07, 6.45) is 0. The van der Waals surface area contributed by atoms with Crippen molar-refractivity contribution in [3.8, 4) is 0 Å². The number of aliphatic hydroxyl groups is 3. The van der Waals surface area contributed by atoms with E-state index < -0.39 is 0 Å². The third-order valence-electron chi connectivity index (χ3n) is 1.10. The Hall–Kier alpha value is 0.554. The summed E-state index contributed by atoms with van der Waals surface area (Å²) in [5.41, 5.74) is 0. The normalized spacial score (nSPS) is 8.53. The van der Waals surface area contributed by atoms with E-state index in [4.69, 9.17) is 20.4 Å². The summed E-state index contributed by atoms with van der Waals surface area (Å²) in [7, 11) is 0. The Balaban J connectivity index is -0.0000000458. The third kappa shape index (κ3) is 118. The summed E-state index contributed by atoms with van der Waals surface area (Å²) in [5, 5.41) is 33.4. The zero-order chi connectivity index (χ0) is 15.6. The molecule has 0 unspecified atom stereocenters. The predicted molar refractivity (Wildman–Crippen MR) is 76.3 cm³/mol. The fraction of sp³-hybridized carbons (Fsp3) is 1.00. The Morgan fingerprint density at radius 2 is 0.737 bits per heavy atom. The zero-order valence-electron chi connectivity index (χ0n) is 13.8. The van der Waals surface area contributed by atoms with Crippen LogP contribution in [0.25, 0.3) is 0 Å². The number of hydrogen-bond donors (Lipinski definition) is 3. The molecule has 0 fully saturated rings. The van der Waals surface area contributed by atoms with Crippen molar-refractivity contribution in [1.29, 1.82) is 0 Å². The third-order valence-corrected chi connectivity index (χ3v) is 1.10. The monoisotopic (exact) mass is 315 g/mol. The average Bonchev–Trinajstić information content (AvgIpc) is 2.31. The molecule has 0 aromatic carbocycles. The topological polar surface area (TPSA) is 83.8 Å². The first-order valence-corrected chi connectivity index (χ1v) is 6.63. The molecular weight excluding hydrogens is 280 g/mol. The van der Waals surface area contributed by atoms with Crippen molar-refractivity contribution in [2.24, 2.45) is 17.8 Å². The van der Waals surface area contributed by atoms with Gasteiger partial charge >= 0.3 is 0 Å². The van der Waals surface area contributed by atoms with Gasteiger partial charge in [0.15, 0.2) is 0 Å². The summed E-state index contributed by atoms with van der Waals surface area (Å²) < 4.78 is 0. The Morgan fingerprint density at radius 3 is 0.737 bits per heavy atom. The van der Waals surface area contributed by atoms with Gasteiger partial charge in [-0.2, -0.15) is 0 Å². The quantitative estimate of drug-likeness (QED) is 0.685. The van der Waals surface area contributed by atoms with Gasteiger partial charge in [0.2, 0.25) is 0 Å². The van der Waals surface area contributed by atoms with E-state index in [9.17, 15) is 0 Å². The number of aliphatic hydroxyl groups excluding tert-OH is 3. The fourth-order valence-electron chi connectivity index (χ4n) is 0. The second-order valence-electron chi connectivity index (χ2n) is 5.02. The molecule has 0 rings (SSSR count). The molecule has 0 radical (unpaired) electrons. The van der Waals surface area contributed by atoms with E-state index in [2.05, 4.69) is 0 Å². The van der Waals surface area contributed by atoms with Gasteiger partial charge in [-0.25, -0.2) is 0 Å². The van der Waals surface area contributed by atoms with Crippen molar-refractivity contribution in [2.75, 3.05) is 26.4 Å². The maximum Gasteiger partial charge on any atom is 0.0453 e. The minimum absolute atomic E-state index is 0. The zero-order valence-corrected chi connectivity index (χ0v) is 15.4. The molecule has 4 nitrogen and oxygen atoms in total. The van der Waals surface area contributed by atoms with Gasteiger partial charge in [0.1, 0.15) is 0 Å². The van der Waals surface area contributed by atoms with Crippen molar-refractivity contribution in [1.82, 2.24) is 0 Å². The molecule has 0 heterocycles. The van der Waals surface area contributed by atoms with E-state index in [1.165, 1.54) is 0 Å². The van der Waals surface area contributed by atoms with Crippen LogP contribution >= 0.6 is 0 Å². The molecule has 19 heavy (non-hydrogen) atoms. The van der Waals surface area contributed by atoms with Crippen LogP contribution in [0.1, 0.15) is 48.5 Å². The van der Waals surface area contributed by atoms with Crippen molar-refractivity contribution in [2.45, 2.75) is 48.5 Å². The average molecular weight is 315 g/mol. The minimum Gasteiger partial charge on any atom is -0.855 e. The molecule has 0 spiro atoms. The molecule has 5 heteroatoms. The van der Waals surface area contributed by atoms with Crippen molar-refractivity contribution in [3.63, 3.8) is 0 Å². The van der Waals surface area contributed by atoms with E-state index in [0.29, 0.717) is 37.6 Å². The SMILES string of the molecule is CC(C)CO.CC(C)CO.CC(C)CO.CC[O-].[Ti]. The van der Waals surface area contributed by atoms with Crippen LogP contribution in [0.4, 0.5) is 0 Å². The van der Waals surface area contributed by atoms with Crippen molar-refractivity contribution >= 4 is 0 Å². The first-order valence-electron chi connectivity index (χ1n) is 6.63. The second-order valence-corrected chi connectivity index (χ2v) is 5.02. The van der Waals surface area contributed by atoms with E-state index >= 15 is 0 Å². The number of rotatable bonds is 3. The van der Waals surface area contributed by atoms with Gasteiger partial charge < -0.3 is 20.4 Å².